The van der Waals surface area contributed by atoms with Crippen LogP contribution in [-0.2, 0) is 0 Å². The van der Waals surface area contributed by atoms with Gasteiger partial charge in [-0.3, -0.25) is 0 Å². The van der Waals surface area contributed by atoms with Crippen molar-refractivity contribution >= 4 is 5.95 Å². The molecule has 2 aromatic rings. The molecule has 0 bridgehead atoms. The topological polar surface area (TPSA) is 37.8 Å². The minimum absolute atomic E-state index is 0.00454. The van der Waals surface area contributed by atoms with Crippen LogP contribution in [0.4, 0.5) is 10.3 Å². The third-order valence-electron chi connectivity index (χ3n) is 3.14. The molecule has 1 N–H and O–H groups in total. The first kappa shape index (κ1) is 14.4. The Hall–Kier alpha value is -1.97. The standard InChI is InChI=1S/C16H20FN3/c1-11-9-10-18-15(19-11)20-14(16(2,3)4)12-5-7-13(17)8-6-12/h5-10,14H,1-4H3,(H,18,19,20). The summed E-state index contributed by atoms with van der Waals surface area (Å²) in [5, 5.41) is 3.35. The van der Waals surface area contributed by atoms with E-state index >= 15 is 0 Å². The first-order chi connectivity index (χ1) is 9.36. The summed E-state index contributed by atoms with van der Waals surface area (Å²) in [7, 11) is 0. The van der Waals surface area contributed by atoms with Crippen molar-refractivity contribution in [3.8, 4) is 0 Å². The zero-order chi connectivity index (χ0) is 14.8. The highest BCUT2D eigenvalue weighted by Crippen LogP contribution is 2.35. The average molecular weight is 273 g/mol. The number of hydrogen-bond donors (Lipinski definition) is 1. The first-order valence-corrected chi connectivity index (χ1v) is 6.68. The summed E-state index contributed by atoms with van der Waals surface area (Å²) < 4.78 is 13.1. The molecule has 1 aromatic carbocycles. The van der Waals surface area contributed by atoms with Gasteiger partial charge in [0.2, 0.25) is 5.95 Å². The van der Waals surface area contributed by atoms with Gasteiger partial charge in [-0.2, -0.15) is 0 Å². The molecule has 0 aliphatic carbocycles. The Bertz CT molecular complexity index is 573. The number of rotatable bonds is 3. The molecule has 1 atom stereocenters. The van der Waals surface area contributed by atoms with Crippen LogP contribution >= 0.6 is 0 Å². The minimum atomic E-state index is -0.229. The summed E-state index contributed by atoms with van der Waals surface area (Å²) in [5.41, 5.74) is 1.88. The molecular weight excluding hydrogens is 253 g/mol. The highest BCUT2D eigenvalue weighted by atomic mass is 19.1. The summed E-state index contributed by atoms with van der Waals surface area (Å²) >= 11 is 0. The molecule has 1 unspecified atom stereocenters. The fourth-order valence-electron chi connectivity index (χ4n) is 2.10. The van der Waals surface area contributed by atoms with Gasteiger partial charge in [0.1, 0.15) is 5.82 Å². The lowest BCUT2D eigenvalue weighted by Crippen LogP contribution is -2.26. The summed E-state index contributed by atoms with van der Waals surface area (Å²) in [6.45, 7) is 8.31. The van der Waals surface area contributed by atoms with E-state index in [0.29, 0.717) is 5.95 Å². The number of nitrogens with one attached hydrogen (secondary N) is 1. The summed E-state index contributed by atoms with van der Waals surface area (Å²) in [6.07, 6.45) is 1.73. The number of anilines is 1. The molecule has 1 heterocycles. The summed E-state index contributed by atoms with van der Waals surface area (Å²) in [6, 6.07) is 8.42. The molecule has 106 valence electrons. The van der Waals surface area contributed by atoms with Crippen LogP contribution in [0.2, 0.25) is 0 Å². The van der Waals surface area contributed by atoms with E-state index in [1.165, 1.54) is 12.1 Å². The molecule has 0 aliphatic heterocycles. The summed E-state index contributed by atoms with van der Waals surface area (Å²) in [4.78, 5) is 8.61. The number of benzene rings is 1. The monoisotopic (exact) mass is 273 g/mol. The van der Waals surface area contributed by atoms with E-state index in [4.69, 9.17) is 0 Å². The highest BCUT2D eigenvalue weighted by molar-refractivity contribution is 5.34. The Kier molecular flexibility index (Phi) is 4.02. The third-order valence-corrected chi connectivity index (χ3v) is 3.14. The smallest absolute Gasteiger partial charge is 0.223 e. The lowest BCUT2D eigenvalue weighted by atomic mass is 9.82. The predicted octanol–water partition coefficient (Wildman–Crippen LogP) is 4.12. The van der Waals surface area contributed by atoms with E-state index in [-0.39, 0.29) is 17.3 Å². The maximum Gasteiger partial charge on any atom is 0.223 e. The van der Waals surface area contributed by atoms with Gasteiger partial charge in [-0.05, 0) is 36.1 Å². The van der Waals surface area contributed by atoms with Crippen molar-refractivity contribution in [3.05, 3.63) is 53.6 Å². The SMILES string of the molecule is Cc1ccnc(NC(c2ccc(F)cc2)C(C)(C)C)n1. The largest absolute Gasteiger partial charge is 0.347 e. The van der Waals surface area contributed by atoms with Gasteiger partial charge in [-0.25, -0.2) is 14.4 Å². The van der Waals surface area contributed by atoms with E-state index < -0.39 is 0 Å². The van der Waals surface area contributed by atoms with E-state index in [1.807, 2.05) is 13.0 Å². The maximum absolute atomic E-state index is 13.1. The second-order valence-corrected chi connectivity index (χ2v) is 6.02. The van der Waals surface area contributed by atoms with Gasteiger partial charge >= 0.3 is 0 Å². The molecule has 0 fully saturated rings. The molecule has 0 aliphatic rings. The van der Waals surface area contributed by atoms with E-state index in [2.05, 4.69) is 36.1 Å². The lowest BCUT2D eigenvalue weighted by molar-refractivity contribution is 0.346. The molecule has 0 amide bonds. The molecule has 0 spiro atoms. The van der Waals surface area contributed by atoms with Gasteiger partial charge < -0.3 is 5.32 Å². The van der Waals surface area contributed by atoms with Crippen molar-refractivity contribution in [2.45, 2.75) is 33.7 Å². The number of aromatic nitrogens is 2. The number of nitrogens with zero attached hydrogens (tertiary/aromatic N) is 2. The van der Waals surface area contributed by atoms with Crippen LogP contribution in [0.3, 0.4) is 0 Å². The number of halogens is 1. The average Bonchev–Trinajstić information content (AvgIpc) is 2.36. The molecule has 1 aromatic heterocycles. The zero-order valence-electron chi connectivity index (χ0n) is 12.3. The fourth-order valence-corrected chi connectivity index (χ4v) is 2.10. The van der Waals surface area contributed by atoms with Crippen molar-refractivity contribution in [1.82, 2.24) is 9.97 Å². The Balaban J connectivity index is 2.31. The minimum Gasteiger partial charge on any atom is -0.347 e. The van der Waals surface area contributed by atoms with Crippen molar-refractivity contribution < 1.29 is 4.39 Å². The van der Waals surface area contributed by atoms with E-state index in [0.717, 1.165) is 11.3 Å². The second kappa shape index (κ2) is 5.57. The highest BCUT2D eigenvalue weighted by Gasteiger charge is 2.27. The molecule has 2 rings (SSSR count). The lowest BCUT2D eigenvalue weighted by Gasteiger charge is -2.32. The van der Waals surface area contributed by atoms with Crippen LogP contribution in [0.5, 0.6) is 0 Å². The predicted molar refractivity (Wildman–Crippen MR) is 79.0 cm³/mol. The molecular formula is C16H20FN3. The molecule has 4 heteroatoms. The van der Waals surface area contributed by atoms with Crippen molar-refractivity contribution in [2.75, 3.05) is 5.32 Å². The van der Waals surface area contributed by atoms with Crippen molar-refractivity contribution in [3.63, 3.8) is 0 Å². The Morgan fingerprint density at radius 3 is 2.30 bits per heavy atom. The van der Waals surface area contributed by atoms with Crippen LogP contribution < -0.4 is 5.32 Å². The van der Waals surface area contributed by atoms with Gasteiger partial charge in [0.15, 0.2) is 0 Å². The van der Waals surface area contributed by atoms with Gasteiger partial charge in [0.25, 0.3) is 0 Å². The van der Waals surface area contributed by atoms with E-state index in [1.54, 1.807) is 18.3 Å². The Morgan fingerprint density at radius 2 is 1.75 bits per heavy atom. The van der Waals surface area contributed by atoms with Gasteiger partial charge in [-0.15, -0.1) is 0 Å². The number of hydrogen-bond acceptors (Lipinski definition) is 3. The molecule has 0 radical (unpaired) electrons. The molecule has 3 nitrogen and oxygen atoms in total. The van der Waals surface area contributed by atoms with Crippen molar-refractivity contribution in [2.24, 2.45) is 5.41 Å². The van der Waals surface area contributed by atoms with Crippen LogP contribution in [-0.4, -0.2) is 9.97 Å². The van der Waals surface area contributed by atoms with Gasteiger partial charge in [0, 0.05) is 11.9 Å². The van der Waals surface area contributed by atoms with Gasteiger partial charge in [0.05, 0.1) is 6.04 Å². The molecule has 20 heavy (non-hydrogen) atoms. The first-order valence-electron chi connectivity index (χ1n) is 6.68. The fraction of sp³-hybridized carbons (Fsp3) is 0.375. The number of aryl methyl sites for hydroxylation is 1. The van der Waals surface area contributed by atoms with Gasteiger partial charge in [-0.1, -0.05) is 32.9 Å². The van der Waals surface area contributed by atoms with Crippen LogP contribution in [0.25, 0.3) is 0 Å². The van der Waals surface area contributed by atoms with E-state index in [9.17, 15) is 4.39 Å². The molecule has 0 saturated carbocycles. The third kappa shape index (κ3) is 3.53. The second-order valence-electron chi connectivity index (χ2n) is 6.02. The molecule has 0 saturated heterocycles. The van der Waals surface area contributed by atoms with Crippen LogP contribution in [0.1, 0.15) is 38.1 Å². The Morgan fingerprint density at radius 1 is 1.10 bits per heavy atom. The van der Waals surface area contributed by atoms with Crippen molar-refractivity contribution in [1.29, 1.82) is 0 Å². The Labute approximate surface area is 119 Å². The zero-order valence-corrected chi connectivity index (χ0v) is 12.3. The quantitative estimate of drug-likeness (QED) is 0.914. The maximum atomic E-state index is 13.1. The normalized spacial score (nSPS) is 13.1. The van der Waals surface area contributed by atoms with Crippen LogP contribution in [0, 0.1) is 18.2 Å². The summed E-state index contributed by atoms with van der Waals surface area (Å²) in [5.74, 6) is 0.363. The van der Waals surface area contributed by atoms with Crippen LogP contribution in [0.15, 0.2) is 36.5 Å².